The van der Waals surface area contributed by atoms with Crippen LogP contribution in [-0.4, -0.2) is 109 Å². The molecule has 1 aromatic rings. The summed E-state index contributed by atoms with van der Waals surface area (Å²) < 4.78 is 29.5. The highest BCUT2D eigenvalue weighted by Crippen LogP contribution is 2.49. The van der Waals surface area contributed by atoms with E-state index in [1.807, 2.05) is 57.9 Å². The molecule has 272 valence electrons. The van der Waals surface area contributed by atoms with Crippen LogP contribution >= 0.6 is 11.6 Å². The molecule has 3 aliphatic heterocycles. The number of fused-ring (bicyclic) bond motifs is 5. The fraction of sp³-hybridized carbons (Fsp3) is 0.639. The Hall–Kier alpha value is -3.16. The van der Waals surface area contributed by atoms with Crippen LogP contribution in [-0.2, 0) is 35.0 Å². The molecule has 9 atom stereocenters. The minimum absolute atomic E-state index is 0.0344. The summed E-state index contributed by atoms with van der Waals surface area (Å²) in [5, 5.41) is 22.6. The third-order valence-corrected chi connectivity index (χ3v) is 10.8. The topological polar surface area (TPSA) is 145 Å². The number of nitrogens with one attached hydrogen (secondary N) is 1. The minimum Gasteiger partial charge on any atom is -0.495 e. The van der Waals surface area contributed by atoms with Crippen LogP contribution in [0.15, 0.2) is 35.9 Å². The molecule has 0 saturated carbocycles. The first-order chi connectivity index (χ1) is 23.0. The predicted octanol–water partition coefficient (Wildman–Crippen LogP) is 3.07. The first-order valence-corrected chi connectivity index (χ1v) is 17.2. The first kappa shape index (κ1) is 38.6. The van der Waals surface area contributed by atoms with Gasteiger partial charge in [-0.25, -0.2) is 0 Å². The second kappa shape index (κ2) is 15.4. The number of carbonyl (C=O) groups excluding carboxylic acids is 2. The van der Waals surface area contributed by atoms with E-state index < -0.39 is 59.8 Å². The molecular weight excluding hydrogens is 654 g/mol. The maximum Gasteiger partial charge on any atom is 0.547 e. The number of benzene rings is 1. The van der Waals surface area contributed by atoms with Gasteiger partial charge in [-0.15, -0.1) is 4.99 Å². The fourth-order valence-corrected chi connectivity index (χ4v) is 7.01. The van der Waals surface area contributed by atoms with Crippen LogP contribution in [0.4, 0.5) is 5.69 Å². The van der Waals surface area contributed by atoms with E-state index in [0.29, 0.717) is 17.9 Å². The van der Waals surface area contributed by atoms with Crippen LogP contribution in [0.5, 0.6) is 5.75 Å². The molecule has 3 heterocycles. The molecule has 13 heteroatoms. The average molecular weight is 707 g/mol. The second-order valence-electron chi connectivity index (χ2n) is 13.8. The number of likely N-dealkylation sites (N-methyl/N-ethyl adjacent to an activating group) is 1. The standard InChI is InChI=1S/C36H52ClN3O9/c1-11-21(3)39(7)23(5)33(42)48-29-18-30(41)40(8)25-16-24(17-26(45-9)31(25)37)15-20(2)13-12-14-28(46-10)36(44)19-27(47-34(43)38-36)22(4)32-35(29,6)49-32/h12-14,16-17,21-23,27-29,32,44H,11,15,18-19H2,1-10H3,(H,38,43)/p+1/b14-12+,20-13+. The van der Waals surface area contributed by atoms with E-state index >= 15 is 0 Å². The third-order valence-electron chi connectivity index (χ3n) is 10.5. The lowest BCUT2D eigenvalue weighted by Crippen LogP contribution is -2.94. The summed E-state index contributed by atoms with van der Waals surface area (Å²) >= 11 is 6.76. The Morgan fingerprint density at radius 1 is 1.29 bits per heavy atom. The molecule has 1 aromatic carbocycles. The molecule has 1 amide bonds. The molecule has 49 heavy (non-hydrogen) atoms. The number of hydrogen-bond donors (Lipinski definition) is 3. The molecule has 1 saturated heterocycles. The number of methoxy groups -OCH3 is 2. The number of halogens is 1. The number of esters is 1. The van der Waals surface area contributed by atoms with Gasteiger partial charge >= 0.3 is 17.8 Å². The Morgan fingerprint density at radius 2 is 1.98 bits per heavy atom. The zero-order valence-corrected chi connectivity index (χ0v) is 31.0. The maximum absolute atomic E-state index is 14.1. The predicted molar refractivity (Wildman–Crippen MR) is 186 cm³/mol. The van der Waals surface area contributed by atoms with Gasteiger partial charge in [0.2, 0.25) is 5.91 Å². The highest BCUT2D eigenvalue weighted by Gasteiger charge is 2.65. The largest absolute Gasteiger partial charge is 0.547 e. The van der Waals surface area contributed by atoms with Crippen LogP contribution in [0, 0.1) is 5.92 Å². The normalized spacial score (nSPS) is 33.7. The van der Waals surface area contributed by atoms with Gasteiger partial charge in [-0.2, -0.15) is 0 Å². The maximum atomic E-state index is 14.1. The number of aliphatic hydroxyl groups excluding tert-OH is 1. The van der Waals surface area contributed by atoms with Crippen molar-refractivity contribution in [2.45, 2.75) is 115 Å². The van der Waals surface area contributed by atoms with E-state index in [1.54, 1.807) is 33.0 Å². The molecule has 0 radical (unpaired) electrons. The fourth-order valence-electron chi connectivity index (χ4n) is 6.69. The van der Waals surface area contributed by atoms with Crippen LogP contribution in [0.25, 0.3) is 0 Å². The lowest BCUT2D eigenvalue weighted by molar-refractivity contribution is -0.650. The molecule has 0 aliphatic carbocycles. The van der Waals surface area contributed by atoms with E-state index in [9.17, 15) is 19.8 Å². The van der Waals surface area contributed by atoms with Crippen molar-refractivity contribution in [1.82, 2.24) is 4.90 Å². The zero-order chi connectivity index (χ0) is 36.4. The Labute approximate surface area is 294 Å². The number of carbonyl (C=O) groups is 2. The van der Waals surface area contributed by atoms with Crippen LogP contribution in [0.3, 0.4) is 0 Å². The summed E-state index contributed by atoms with van der Waals surface area (Å²) in [6.45, 7) is 11.5. The van der Waals surface area contributed by atoms with Crippen molar-refractivity contribution < 1.29 is 48.5 Å². The van der Waals surface area contributed by atoms with Gasteiger partial charge in [0, 0.05) is 26.1 Å². The van der Waals surface area contributed by atoms with Crippen LogP contribution in [0.2, 0.25) is 5.02 Å². The van der Waals surface area contributed by atoms with E-state index in [-0.39, 0.29) is 29.8 Å². The van der Waals surface area contributed by atoms with Gasteiger partial charge in [-0.3, -0.25) is 14.5 Å². The van der Waals surface area contributed by atoms with Crippen molar-refractivity contribution in [2.24, 2.45) is 5.92 Å². The Morgan fingerprint density at radius 3 is 2.61 bits per heavy atom. The van der Waals surface area contributed by atoms with Gasteiger partial charge in [0.1, 0.15) is 34.6 Å². The van der Waals surface area contributed by atoms with E-state index in [0.717, 1.165) is 17.6 Å². The summed E-state index contributed by atoms with van der Waals surface area (Å²) in [7, 11) is 6.48. The van der Waals surface area contributed by atoms with Crippen LogP contribution in [0.1, 0.15) is 66.4 Å². The summed E-state index contributed by atoms with van der Waals surface area (Å²) in [5.74, 6) is -0.840. The molecule has 1 fully saturated rings. The second-order valence-corrected chi connectivity index (χ2v) is 14.2. The number of amides is 1. The number of hydrogen-bond acceptors (Lipinski definition) is 9. The number of nitrogens with zero attached hydrogens (tertiary/aromatic N) is 2. The molecule has 3 N–H and O–H groups in total. The van der Waals surface area contributed by atoms with Gasteiger partial charge in [0.15, 0.2) is 6.10 Å². The van der Waals surface area contributed by atoms with Gasteiger partial charge in [-0.1, -0.05) is 43.2 Å². The smallest absolute Gasteiger partial charge is 0.495 e. The Kier molecular flexibility index (Phi) is 12.1. The average Bonchev–Trinajstić information content (AvgIpc) is 3.76. The SMILES string of the molecule is CCC(C)N(C)C(C)C(=O)OC1CC(=O)N(C)c2cc(cc(OC)c2Cl)C/C(C)=C/C=C/C(OC)C2(O)CC(OC(O)=[NH+]2)C(C)C2OC12C. The summed E-state index contributed by atoms with van der Waals surface area (Å²) in [6.07, 6.45) is 2.89. The molecule has 9 unspecified atom stereocenters. The van der Waals surface area contributed by atoms with E-state index in [1.165, 1.54) is 19.1 Å². The number of anilines is 1. The minimum atomic E-state index is -1.72. The summed E-state index contributed by atoms with van der Waals surface area (Å²) in [5.41, 5.74) is -0.542. The van der Waals surface area contributed by atoms with Crippen LogP contribution < -0.4 is 14.6 Å². The molecule has 3 aliphatic rings. The van der Waals surface area contributed by atoms with Crippen molar-refractivity contribution in [3.63, 3.8) is 0 Å². The third kappa shape index (κ3) is 8.26. The highest BCUT2D eigenvalue weighted by molar-refractivity contribution is 6.35. The number of allylic oxidation sites excluding steroid dienone is 3. The van der Waals surface area contributed by atoms with Gasteiger partial charge in [0.05, 0.1) is 31.7 Å². The first-order valence-electron chi connectivity index (χ1n) is 16.8. The Balaban J connectivity index is 1.79. The quantitative estimate of drug-likeness (QED) is 0.286. The van der Waals surface area contributed by atoms with E-state index in [4.69, 9.17) is 35.3 Å². The van der Waals surface area contributed by atoms with Gasteiger partial charge in [-0.05, 0) is 71.4 Å². The molecular formula is C36H53ClN3O9+. The Bertz CT molecular complexity index is 1480. The molecule has 0 aromatic heterocycles. The number of aliphatic hydroxyl groups is 2. The summed E-state index contributed by atoms with van der Waals surface area (Å²) in [6, 6.07) is 3.20. The number of epoxide rings is 1. The number of ether oxygens (including phenoxy) is 5. The molecule has 4 rings (SSSR count). The molecule has 0 spiro atoms. The van der Waals surface area contributed by atoms with Crippen molar-refractivity contribution in [3.05, 3.63) is 46.5 Å². The summed E-state index contributed by atoms with van der Waals surface area (Å²) in [4.78, 5) is 33.7. The van der Waals surface area contributed by atoms with Crippen molar-refractivity contribution in [3.8, 4) is 5.75 Å². The highest BCUT2D eigenvalue weighted by atomic mass is 35.5. The monoisotopic (exact) mass is 706 g/mol. The lowest BCUT2D eigenvalue weighted by Gasteiger charge is -2.34. The molecule has 4 bridgehead atoms. The van der Waals surface area contributed by atoms with Gasteiger partial charge < -0.3 is 38.8 Å². The lowest BCUT2D eigenvalue weighted by atomic mass is 9.84. The van der Waals surface area contributed by atoms with Crippen molar-refractivity contribution in [2.75, 3.05) is 33.2 Å². The van der Waals surface area contributed by atoms with E-state index in [2.05, 4.69) is 4.99 Å². The zero-order valence-electron chi connectivity index (χ0n) is 30.3. The van der Waals surface area contributed by atoms with Crippen molar-refractivity contribution >= 4 is 35.2 Å². The number of rotatable bonds is 7. The molecule has 12 nitrogen and oxygen atoms in total. The van der Waals surface area contributed by atoms with Gasteiger partial charge in [0.25, 0.3) is 0 Å². The van der Waals surface area contributed by atoms with Crippen molar-refractivity contribution in [1.29, 1.82) is 0 Å².